The first kappa shape index (κ1) is 13.8. The number of benzene rings is 1. The number of carbonyl (C=O) groups excluding carboxylic acids is 1. The summed E-state index contributed by atoms with van der Waals surface area (Å²) in [5.74, 6) is 0.137. The number of ether oxygens (including phenoxy) is 1. The van der Waals surface area contributed by atoms with Gasteiger partial charge >= 0.3 is 0 Å². The maximum Gasteiger partial charge on any atom is 0.275 e. The number of rotatable bonds is 4. The second-order valence-corrected chi connectivity index (χ2v) is 4.04. The fourth-order valence-corrected chi connectivity index (χ4v) is 1.54. The summed E-state index contributed by atoms with van der Waals surface area (Å²) in [6.45, 7) is -0.0240. The van der Waals surface area contributed by atoms with Gasteiger partial charge in [0.1, 0.15) is 22.7 Å². The van der Waals surface area contributed by atoms with Crippen molar-refractivity contribution in [2.75, 3.05) is 11.9 Å². The highest BCUT2D eigenvalue weighted by Gasteiger charge is 2.08. The number of anilines is 1. The molecule has 0 aliphatic rings. The number of carbonyl (C=O) groups is 1. The van der Waals surface area contributed by atoms with Gasteiger partial charge in [0.2, 0.25) is 0 Å². The van der Waals surface area contributed by atoms with Gasteiger partial charge in [0.25, 0.3) is 5.91 Å². The molecule has 0 spiro atoms. The molecule has 0 bridgehead atoms. The van der Waals surface area contributed by atoms with Gasteiger partial charge in [0.15, 0.2) is 6.61 Å². The number of hydrogen-bond acceptors (Lipinski definition) is 5. The van der Waals surface area contributed by atoms with E-state index in [1.807, 2.05) is 6.07 Å². The van der Waals surface area contributed by atoms with Crippen molar-refractivity contribution in [2.45, 2.75) is 0 Å². The van der Waals surface area contributed by atoms with Crippen LogP contribution in [0.1, 0.15) is 10.5 Å². The molecule has 0 unspecified atom stereocenters. The van der Waals surface area contributed by atoms with E-state index in [2.05, 4.69) is 15.3 Å². The highest BCUT2D eigenvalue weighted by atomic mass is 35.5. The van der Waals surface area contributed by atoms with Gasteiger partial charge in [-0.3, -0.25) is 9.78 Å². The number of aromatic nitrogens is 2. The van der Waals surface area contributed by atoms with Crippen molar-refractivity contribution in [3.63, 3.8) is 0 Å². The Balaban J connectivity index is 2.03. The second-order valence-electron chi connectivity index (χ2n) is 3.65. The smallest absolute Gasteiger partial charge is 0.275 e. The summed E-state index contributed by atoms with van der Waals surface area (Å²) in [6, 6.07) is 8.48. The summed E-state index contributed by atoms with van der Waals surface area (Å²) in [5.41, 5.74) is 0.698. The summed E-state index contributed by atoms with van der Waals surface area (Å²) < 4.78 is 5.10. The lowest BCUT2D eigenvalue weighted by Gasteiger charge is -2.06. The summed E-state index contributed by atoms with van der Waals surface area (Å²) in [7, 11) is 0. The molecule has 6 nitrogen and oxygen atoms in total. The van der Waals surface area contributed by atoms with Crippen LogP contribution in [0, 0.1) is 11.3 Å². The third-order valence-electron chi connectivity index (χ3n) is 2.25. The molecule has 0 saturated heterocycles. The fraction of sp³-hybridized carbons (Fsp3) is 0.0769. The highest BCUT2D eigenvalue weighted by molar-refractivity contribution is 6.29. The van der Waals surface area contributed by atoms with Gasteiger partial charge in [-0.05, 0) is 24.3 Å². The molecule has 1 aromatic carbocycles. The Hall–Kier alpha value is -2.65. The maximum atomic E-state index is 11.9. The van der Waals surface area contributed by atoms with Gasteiger partial charge in [-0.1, -0.05) is 11.6 Å². The van der Waals surface area contributed by atoms with Crippen LogP contribution in [-0.2, 0) is 0 Å². The average molecular weight is 289 g/mol. The molecule has 20 heavy (non-hydrogen) atoms. The summed E-state index contributed by atoms with van der Waals surface area (Å²) in [4.78, 5) is 19.5. The number of nitriles is 1. The lowest BCUT2D eigenvalue weighted by atomic mass is 10.3. The minimum atomic E-state index is -0.411. The monoisotopic (exact) mass is 288 g/mol. The van der Waals surface area contributed by atoms with Crippen molar-refractivity contribution in [3.8, 4) is 11.8 Å². The molecule has 0 aliphatic carbocycles. The van der Waals surface area contributed by atoms with Crippen LogP contribution < -0.4 is 10.1 Å². The molecule has 2 aromatic rings. The minimum absolute atomic E-state index is 0.0240. The van der Waals surface area contributed by atoms with Crippen LogP contribution in [-0.4, -0.2) is 22.5 Å². The first-order valence-corrected chi connectivity index (χ1v) is 5.95. The number of nitrogens with one attached hydrogen (secondary N) is 1. The van der Waals surface area contributed by atoms with Crippen LogP contribution in [0.4, 0.5) is 5.69 Å². The lowest BCUT2D eigenvalue weighted by Crippen LogP contribution is -2.14. The Morgan fingerprint density at radius 2 is 2.10 bits per heavy atom. The zero-order valence-electron chi connectivity index (χ0n) is 10.2. The third-order valence-corrected chi connectivity index (χ3v) is 2.44. The molecule has 0 saturated carbocycles. The van der Waals surface area contributed by atoms with E-state index < -0.39 is 5.91 Å². The predicted octanol–water partition coefficient (Wildman–Crippen LogP) is 2.28. The van der Waals surface area contributed by atoms with Crippen molar-refractivity contribution < 1.29 is 9.53 Å². The van der Waals surface area contributed by atoms with E-state index in [0.717, 1.165) is 0 Å². The van der Waals surface area contributed by atoms with E-state index in [9.17, 15) is 4.79 Å². The molecular formula is C13H9ClN4O2. The second kappa shape index (κ2) is 6.50. The minimum Gasteiger partial charge on any atom is -0.479 e. The lowest BCUT2D eigenvalue weighted by molar-refractivity contribution is 0.102. The number of amides is 1. The van der Waals surface area contributed by atoms with E-state index in [0.29, 0.717) is 11.4 Å². The van der Waals surface area contributed by atoms with E-state index in [1.165, 1.54) is 12.4 Å². The van der Waals surface area contributed by atoms with E-state index in [4.69, 9.17) is 21.6 Å². The van der Waals surface area contributed by atoms with Crippen molar-refractivity contribution in [3.05, 3.63) is 47.5 Å². The summed E-state index contributed by atoms with van der Waals surface area (Å²) >= 11 is 5.66. The Morgan fingerprint density at radius 3 is 2.75 bits per heavy atom. The topological polar surface area (TPSA) is 87.9 Å². The Labute approximate surface area is 120 Å². The average Bonchev–Trinajstić information content (AvgIpc) is 2.46. The fourth-order valence-electron chi connectivity index (χ4n) is 1.40. The largest absolute Gasteiger partial charge is 0.479 e. The van der Waals surface area contributed by atoms with Gasteiger partial charge in [-0.25, -0.2) is 4.98 Å². The van der Waals surface area contributed by atoms with Gasteiger partial charge in [0.05, 0.1) is 12.4 Å². The molecule has 0 fully saturated rings. The molecule has 1 N–H and O–H groups in total. The Morgan fingerprint density at radius 1 is 1.35 bits per heavy atom. The van der Waals surface area contributed by atoms with E-state index in [-0.39, 0.29) is 17.5 Å². The summed E-state index contributed by atoms with van der Waals surface area (Å²) in [6.07, 6.45) is 2.67. The number of hydrogen-bond donors (Lipinski definition) is 1. The molecule has 1 aromatic heterocycles. The molecule has 2 rings (SSSR count). The molecule has 0 atom stereocenters. The number of halogens is 1. The third kappa shape index (κ3) is 3.67. The molecule has 7 heteroatoms. The molecule has 1 amide bonds. The maximum absolute atomic E-state index is 11.9. The van der Waals surface area contributed by atoms with Crippen molar-refractivity contribution in [1.29, 1.82) is 5.26 Å². The number of nitrogens with zero attached hydrogens (tertiary/aromatic N) is 3. The van der Waals surface area contributed by atoms with Crippen molar-refractivity contribution in [1.82, 2.24) is 9.97 Å². The van der Waals surface area contributed by atoms with Gasteiger partial charge in [-0.15, -0.1) is 0 Å². The standard InChI is InChI=1S/C13H9ClN4O2/c14-12-8-16-7-11(18-12)13(19)17-9-1-3-10(4-2-9)20-6-5-15/h1-4,7-8H,6H2,(H,17,19). The van der Waals surface area contributed by atoms with E-state index in [1.54, 1.807) is 24.3 Å². The van der Waals surface area contributed by atoms with Gasteiger partial charge in [-0.2, -0.15) is 5.26 Å². The first-order valence-electron chi connectivity index (χ1n) is 5.58. The van der Waals surface area contributed by atoms with Crippen LogP contribution in [0.3, 0.4) is 0 Å². The van der Waals surface area contributed by atoms with Crippen LogP contribution in [0.25, 0.3) is 0 Å². The zero-order valence-corrected chi connectivity index (χ0v) is 11.0. The zero-order chi connectivity index (χ0) is 14.4. The molecular weight excluding hydrogens is 280 g/mol. The summed E-state index contributed by atoms with van der Waals surface area (Å²) in [5, 5.41) is 11.2. The molecule has 1 heterocycles. The van der Waals surface area contributed by atoms with Crippen LogP contribution in [0.5, 0.6) is 5.75 Å². The first-order chi connectivity index (χ1) is 9.69. The molecule has 0 radical (unpaired) electrons. The van der Waals surface area contributed by atoms with Crippen LogP contribution in [0.2, 0.25) is 5.15 Å². The molecule has 100 valence electrons. The SMILES string of the molecule is N#CCOc1ccc(NC(=O)c2cncc(Cl)n2)cc1. The Bertz CT molecular complexity index is 652. The Kier molecular flexibility index (Phi) is 4.47. The van der Waals surface area contributed by atoms with Gasteiger partial charge in [0, 0.05) is 5.69 Å². The normalized spacial score (nSPS) is 9.60. The van der Waals surface area contributed by atoms with Gasteiger partial charge < -0.3 is 10.1 Å². The van der Waals surface area contributed by atoms with Crippen molar-refractivity contribution in [2.24, 2.45) is 0 Å². The van der Waals surface area contributed by atoms with Crippen molar-refractivity contribution >= 4 is 23.2 Å². The van der Waals surface area contributed by atoms with E-state index >= 15 is 0 Å². The van der Waals surface area contributed by atoms with Crippen LogP contribution in [0.15, 0.2) is 36.7 Å². The molecule has 0 aliphatic heterocycles. The predicted molar refractivity (Wildman–Crippen MR) is 72.5 cm³/mol. The highest BCUT2D eigenvalue weighted by Crippen LogP contribution is 2.16. The van der Waals surface area contributed by atoms with Crippen LogP contribution >= 0.6 is 11.6 Å². The quantitative estimate of drug-likeness (QED) is 0.932.